The molecule has 1 aromatic rings. The lowest BCUT2D eigenvalue weighted by Gasteiger charge is -2.21. The fourth-order valence-corrected chi connectivity index (χ4v) is 2.62. The summed E-state index contributed by atoms with van der Waals surface area (Å²) < 4.78 is 1.56. The third-order valence-electron chi connectivity index (χ3n) is 3.76. The Balaban J connectivity index is 2.09. The number of hydrogen-bond donors (Lipinski definition) is 2. The van der Waals surface area contributed by atoms with E-state index in [1.165, 1.54) is 0 Å². The van der Waals surface area contributed by atoms with E-state index in [0.29, 0.717) is 36.7 Å². The minimum absolute atomic E-state index is 0.0588. The number of hydrogen-bond acceptors (Lipinski definition) is 5. The number of nitrogen functional groups attached to an aromatic ring is 1. The van der Waals surface area contributed by atoms with Gasteiger partial charge in [0.1, 0.15) is 5.69 Å². The van der Waals surface area contributed by atoms with Crippen molar-refractivity contribution in [3.05, 3.63) is 11.4 Å². The number of aromatic nitrogens is 2. The molecule has 7 nitrogen and oxygen atoms in total. The van der Waals surface area contributed by atoms with Crippen molar-refractivity contribution >= 4 is 11.6 Å². The van der Waals surface area contributed by atoms with Gasteiger partial charge in [0.2, 0.25) is 0 Å². The van der Waals surface area contributed by atoms with Crippen LogP contribution in [0.1, 0.15) is 22.6 Å². The lowest BCUT2D eigenvalue weighted by molar-refractivity contribution is 0.0750. The molecule has 0 atom stereocenters. The largest absolute Gasteiger partial charge is 0.395 e. The molecule has 112 valence electrons. The number of nitrogens with two attached hydrogens (primary N) is 1. The Morgan fingerprint density at radius 3 is 2.70 bits per heavy atom. The standard InChI is InChI=1S/C13H23N5O2/c1-10-11(14)12(16(2)15-10)13(20)18-5-3-4-17(6-7-18)8-9-19/h19H,3-9,14H2,1-2H3. The van der Waals surface area contributed by atoms with E-state index < -0.39 is 0 Å². The molecule has 1 aliphatic heterocycles. The molecule has 0 saturated carbocycles. The molecule has 0 spiro atoms. The molecule has 0 unspecified atom stereocenters. The maximum absolute atomic E-state index is 12.6. The third kappa shape index (κ3) is 2.94. The van der Waals surface area contributed by atoms with Crippen LogP contribution in [0.25, 0.3) is 0 Å². The van der Waals surface area contributed by atoms with Crippen LogP contribution in [0.3, 0.4) is 0 Å². The number of aliphatic hydroxyl groups excluding tert-OH is 1. The molecule has 0 bridgehead atoms. The number of aryl methyl sites for hydroxylation is 2. The van der Waals surface area contributed by atoms with Crippen molar-refractivity contribution in [2.24, 2.45) is 7.05 Å². The second-order valence-corrected chi connectivity index (χ2v) is 5.18. The highest BCUT2D eigenvalue weighted by atomic mass is 16.3. The average molecular weight is 281 g/mol. The summed E-state index contributed by atoms with van der Waals surface area (Å²) in [6.45, 7) is 5.68. The van der Waals surface area contributed by atoms with Crippen molar-refractivity contribution in [1.29, 1.82) is 0 Å². The number of rotatable bonds is 3. The van der Waals surface area contributed by atoms with E-state index in [2.05, 4.69) is 10.00 Å². The molecule has 2 heterocycles. The van der Waals surface area contributed by atoms with Gasteiger partial charge in [-0.25, -0.2) is 0 Å². The Morgan fingerprint density at radius 2 is 2.10 bits per heavy atom. The monoisotopic (exact) mass is 281 g/mol. The number of aliphatic hydroxyl groups is 1. The van der Waals surface area contributed by atoms with Gasteiger partial charge in [-0.1, -0.05) is 0 Å². The number of carbonyl (C=O) groups is 1. The van der Waals surface area contributed by atoms with Crippen LogP contribution in [-0.2, 0) is 7.05 Å². The van der Waals surface area contributed by atoms with E-state index >= 15 is 0 Å². The van der Waals surface area contributed by atoms with Crippen molar-refractivity contribution in [3.8, 4) is 0 Å². The van der Waals surface area contributed by atoms with Gasteiger partial charge in [0.15, 0.2) is 0 Å². The van der Waals surface area contributed by atoms with Gasteiger partial charge in [0.05, 0.1) is 18.0 Å². The zero-order valence-corrected chi connectivity index (χ0v) is 12.2. The van der Waals surface area contributed by atoms with Crippen LogP contribution in [-0.4, -0.2) is 69.9 Å². The highest BCUT2D eigenvalue weighted by molar-refractivity contribution is 5.98. The second kappa shape index (κ2) is 6.23. The van der Waals surface area contributed by atoms with E-state index in [4.69, 9.17) is 10.8 Å². The van der Waals surface area contributed by atoms with Gasteiger partial charge in [-0.2, -0.15) is 5.10 Å². The van der Waals surface area contributed by atoms with Crippen LogP contribution in [0.15, 0.2) is 0 Å². The lowest BCUT2D eigenvalue weighted by Crippen LogP contribution is -2.37. The summed E-state index contributed by atoms with van der Waals surface area (Å²) in [5.74, 6) is -0.0588. The van der Waals surface area contributed by atoms with Crippen molar-refractivity contribution in [1.82, 2.24) is 19.6 Å². The lowest BCUT2D eigenvalue weighted by atomic mass is 10.2. The summed E-state index contributed by atoms with van der Waals surface area (Å²) in [6, 6.07) is 0. The molecule has 2 rings (SSSR count). The van der Waals surface area contributed by atoms with Crippen molar-refractivity contribution in [2.45, 2.75) is 13.3 Å². The summed E-state index contributed by atoms with van der Waals surface area (Å²) >= 11 is 0. The second-order valence-electron chi connectivity index (χ2n) is 5.18. The minimum Gasteiger partial charge on any atom is -0.395 e. The van der Waals surface area contributed by atoms with Crippen molar-refractivity contribution < 1.29 is 9.90 Å². The molecule has 1 saturated heterocycles. The van der Waals surface area contributed by atoms with Crippen LogP contribution >= 0.6 is 0 Å². The number of anilines is 1. The number of amides is 1. The highest BCUT2D eigenvalue weighted by Gasteiger charge is 2.25. The fraction of sp³-hybridized carbons (Fsp3) is 0.692. The van der Waals surface area contributed by atoms with Crippen LogP contribution in [0.2, 0.25) is 0 Å². The summed E-state index contributed by atoms with van der Waals surface area (Å²) in [4.78, 5) is 16.6. The predicted octanol–water partition coefficient (Wildman–Crippen LogP) is -0.549. The minimum atomic E-state index is -0.0588. The molecule has 3 N–H and O–H groups in total. The first-order valence-corrected chi connectivity index (χ1v) is 6.96. The van der Waals surface area contributed by atoms with Gasteiger partial charge in [0, 0.05) is 33.2 Å². The molecule has 1 fully saturated rings. The van der Waals surface area contributed by atoms with Gasteiger partial charge in [-0.3, -0.25) is 14.4 Å². The predicted molar refractivity (Wildman–Crippen MR) is 76.4 cm³/mol. The molecule has 0 aliphatic carbocycles. The van der Waals surface area contributed by atoms with Crippen LogP contribution < -0.4 is 5.73 Å². The molecule has 0 radical (unpaired) electrons. The number of nitrogens with zero attached hydrogens (tertiary/aromatic N) is 4. The third-order valence-corrected chi connectivity index (χ3v) is 3.76. The molecule has 0 aromatic carbocycles. The van der Waals surface area contributed by atoms with Gasteiger partial charge in [0.25, 0.3) is 5.91 Å². The van der Waals surface area contributed by atoms with Crippen LogP contribution in [0, 0.1) is 6.92 Å². The van der Waals surface area contributed by atoms with Gasteiger partial charge < -0.3 is 15.7 Å². The molecular formula is C13H23N5O2. The Hall–Kier alpha value is -1.60. The fourth-order valence-electron chi connectivity index (χ4n) is 2.62. The van der Waals surface area contributed by atoms with Gasteiger partial charge in [-0.15, -0.1) is 0 Å². The molecule has 1 amide bonds. The zero-order chi connectivity index (χ0) is 14.7. The van der Waals surface area contributed by atoms with E-state index in [0.717, 1.165) is 19.5 Å². The van der Waals surface area contributed by atoms with E-state index in [1.807, 2.05) is 4.90 Å². The molecular weight excluding hydrogens is 258 g/mol. The van der Waals surface area contributed by atoms with E-state index in [1.54, 1.807) is 18.7 Å². The van der Waals surface area contributed by atoms with Gasteiger partial charge in [-0.05, 0) is 19.9 Å². The van der Waals surface area contributed by atoms with Crippen LogP contribution in [0.5, 0.6) is 0 Å². The molecule has 1 aliphatic rings. The number of β-amino-alcohol motifs (C(OH)–C–C–N with tert-alkyl or cyclic N) is 1. The summed E-state index contributed by atoms with van der Waals surface area (Å²) in [5.41, 5.74) is 7.58. The molecule has 7 heteroatoms. The van der Waals surface area contributed by atoms with E-state index in [9.17, 15) is 4.79 Å². The summed E-state index contributed by atoms with van der Waals surface area (Å²) in [6.07, 6.45) is 0.905. The maximum Gasteiger partial charge on any atom is 0.274 e. The maximum atomic E-state index is 12.6. The average Bonchev–Trinajstić information content (AvgIpc) is 2.59. The zero-order valence-electron chi connectivity index (χ0n) is 12.2. The Labute approximate surface area is 118 Å². The summed E-state index contributed by atoms with van der Waals surface area (Å²) in [5, 5.41) is 13.2. The summed E-state index contributed by atoms with van der Waals surface area (Å²) in [7, 11) is 1.74. The first-order valence-electron chi connectivity index (χ1n) is 6.96. The van der Waals surface area contributed by atoms with Gasteiger partial charge >= 0.3 is 0 Å². The first-order chi connectivity index (χ1) is 9.54. The topological polar surface area (TPSA) is 87.6 Å². The van der Waals surface area contributed by atoms with Crippen molar-refractivity contribution in [3.63, 3.8) is 0 Å². The van der Waals surface area contributed by atoms with E-state index in [-0.39, 0.29) is 12.5 Å². The highest BCUT2D eigenvalue weighted by Crippen LogP contribution is 2.18. The first kappa shape index (κ1) is 14.8. The smallest absolute Gasteiger partial charge is 0.274 e. The molecule has 20 heavy (non-hydrogen) atoms. The number of carbonyl (C=O) groups excluding carboxylic acids is 1. The Morgan fingerprint density at radius 1 is 1.35 bits per heavy atom. The van der Waals surface area contributed by atoms with Crippen molar-refractivity contribution in [2.75, 3.05) is 45.1 Å². The normalized spacial score (nSPS) is 17.2. The Bertz CT molecular complexity index is 485. The molecule has 1 aromatic heterocycles. The quantitative estimate of drug-likeness (QED) is 0.776. The SMILES string of the molecule is Cc1nn(C)c(C(=O)N2CCCN(CCO)CC2)c1N. The Kier molecular flexibility index (Phi) is 4.61. The van der Waals surface area contributed by atoms with Crippen LogP contribution in [0.4, 0.5) is 5.69 Å².